The Hall–Kier alpha value is -2.04. The van der Waals surface area contributed by atoms with Crippen LogP contribution in [-0.2, 0) is 11.2 Å². The van der Waals surface area contributed by atoms with Crippen molar-refractivity contribution in [2.24, 2.45) is 0 Å². The number of amides is 2. The molecule has 1 saturated carbocycles. The third-order valence-corrected chi connectivity index (χ3v) is 3.40. The summed E-state index contributed by atoms with van der Waals surface area (Å²) in [5.41, 5.74) is 1.92. The topological polar surface area (TPSA) is 69.6 Å². The molecule has 0 saturated heterocycles. The van der Waals surface area contributed by atoms with Gasteiger partial charge in [-0.15, -0.1) is 0 Å². The second-order valence-electron chi connectivity index (χ2n) is 5.05. The molecule has 1 aliphatic rings. The molecule has 1 aliphatic carbocycles. The van der Waals surface area contributed by atoms with E-state index in [1.54, 1.807) is 4.90 Å². The fourth-order valence-electron chi connectivity index (χ4n) is 2.12. The van der Waals surface area contributed by atoms with Gasteiger partial charge in [0.1, 0.15) is 0 Å². The van der Waals surface area contributed by atoms with Crippen molar-refractivity contribution in [1.82, 2.24) is 4.90 Å². The summed E-state index contributed by atoms with van der Waals surface area (Å²) in [4.78, 5) is 24.5. The first-order chi connectivity index (χ1) is 9.60. The second kappa shape index (κ2) is 6.41. The smallest absolute Gasteiger partial charge is 0.322 e. The Kier molecular flexibility index (Phi) is 4.61. The average Bonchev–Trinajstić information content (AvgIpc) is 3.23. The Morgan fingerprint density at radius 1 is 1.40 bits per heavy atom. The van der Waals surface area contributed by atoms with E-state index in [2.05, 4.69) is 12.2 Å². The zero-order valence-corrected chi connectivity index (χ0v) is 11.6. The molecule has 0 aliphatic heterocycles. The van der Waals surface area contributed by atoms with E-state index in [4.69, 9.17) is 5.11 Å². The first-order valence-electron chi connectivity index (χ1n) is 6.98. The highest BCUT2D eigenvalue weighted by molar-refractivity contribution is 5.90. The van der Waals surface area contributed by atoms with Gasteiger partial charge in [0.05, 0.1) is 6.42 Å². The molecule has 0 heterocycles. The van der Waals surface area contributed by atoms with Crippen molar-refractivity contribution in [3.8, 4) is 0 Å². The molecule has 2 amide bonds. The second-order valence-corrected chi connectivity index (χ2v) is 5.05. The van der Waals surface area contributed by atoms with Crippen LogP contribution in [0.2, 0.25) is 0 Å². The summed E-state index contributed by atoms with van der Waals surface area (Å²) >= 11 is 0. The maximum atomic E-state index is 12.2. The highest BCUT2D eigenvalue weighted by Gasteiger charge is 2.32. The molecule has 20 heavy (non-hydrogen) atoms. The maximum absolute atomic E-state index is 12.2. The minimum atomic E-state index is -0.878. The quantitative estimate of drug-likeness (QED) is 0.839. The third kappa shape index (κ3) is 3.98. The number of nitrogens with one attached hydrogen (secondary N) is 1. The molecule has 0 radical (unpaired) electrons. The maximum Gasteiger partial charge on any atom is 0.322 e. The molecular formula is C15H20N2O3. The van der Waals surface area contributed by atoms with Gasteiger partial charge in [0.25, 0.3) is 0 Å². The number of anilines is 1. The summed E-state index contributed by atoms with van der Waals surface area (Å²) < 4.78 is 0. The largest absolute Gasteiger partial charge is 0.481 e. The van der Waals surface area contributed by atoms with E-state index in [1.807, 2.05) is 24.3 Å². The van der Waals surface area contributed by atoms with E-state index in [0.717, 1.165) is 30.5 Å². The van der Waals surface area contributed by atoms with Crippen molar-refractivity contribution in [1.29, 1.82) is 0 Å². The van der Waals surface area contributed by atoms with Gasteiger partial charge in [-0.2, -0.15) is 0 Å². The van der Waals surface area contributed by atoms with Gasteiger partial charge in [-0.1, -0.05) is 19.1 Å². The van der Waals surface area contributed by atoms with Gasteiger partial charge in [0, 0.05) is 18.3 Å². The van der Waals surface area contributed by atoms with Crippen LogP contribution in [0, 0.1) is 0 Å². The standard InChI is InChI=1S/C15H20N2O3/c1-2-11-4-3-5-12(10-11)16-15(20)17(13-6-7-13)9-8-14(18)19/h3-5,10,13H,2,6-9H2,1H3,(H,16,20)(H,18,19). The number of carboxylic acid groups (broad SMARTS) is 1. The lowest BCUT2D eigenvalue weighted by Crippen LogP contribution is -2.38. The predicted molar refractivity (Wildman–Crippen MR) is 76.8 cm³/mol. The van der Waals surface area contributed by atoms with Gasteiger partial charge >= 0.3 is 12.0 Å². The number of aryl methyl sites for hydroxylation is 1. The number of hydrogen-bond acceptors (Lipinski definition) is 2. The van der Waals surface area contributed by atoms with E-state index < -0.39 is 5.97 Å². The first-order valence-corrected chi connectivity index (χ1v) is 6.98. The molecule has 108 valence electrons. The molecule has 0 unspecified atom stereocenters. The van der Waals surface area contributed by atoms with E-state index in [0.29, 0.717) is 0 Å². The van der Waals surface area contributed by atoms with Crippen LogP contribution in [0.25, 0.3) is 0 Å². The summed E-state index contributed by atoms with van der Waals surface area (Å²) in [6.45, 7) is 2.32. The zero-order chi connectivity index (χ0) is 14.5. The van der Waals surface area contributed by atoms with Crippen LogP contribution in [0.5, 0.6) is 0 Å². The summed E-state index contributed by atoms with van der Waals surface area (Å²) in [5.74, 6) is -0.878. The summed E-state index contributed by atoms with van der Waals surface area (Å²) in [6, 6.07) is 7.71. The van der Waals surface area contributed by atoms with Crippen molar-refractivity contribution in [2.45, 2.75) is 38.6 Å². The molecule has 1 fully saturated rings. The monoisotopic (exact) mass is 276 g/mol. The van der Waals surface area contributed by atoms with Crippen molar-refractivity contribution >= 4 is 17.7 Å². The summed E-state index contributed by atoms with van der Waals surface area (Å²) in [6.07, 6.45) is 2.82. The fraction of sp³-hybridized carbons (Fsp3) is 0.467. The number of hydrogen-bond donors (Lipinski definition) is 2. The normalized spacial score (nSPS) is 13.8. The number of carbonyl (C=O) groups excluding carboxylic acids is 1. The summed E-state index contributed by atoms with van der Waals surface area (Å²) in [5, 5.41) is 11.6. The molecular weight excluding hydrogens is 256 g/mol. The minimum Gasteiger partial charge on any atom is -0.481 e. The Bertz CT molecular complexity index is 498. The SMILES string of the molecule is CCc1cccc(NC(=O)N(CCC(=O)O)C2CC2)c1. The van der Waals surface area contributed by atoms with E-state index in [1.165, 1.54) is 0 Å². The van der Waals surface area contributed by atoms with Gasteiger partial charge in [-0.05, 0) is 37.0 Å². The van der Waals surface area contributed by atoms with Crippen molar-refractivity contribution in [3.63, 3.8) is 0 Å². The third-order valence-electron chi connectivity index (χ3n) is 3.40. The van der Waals surface area contributed by atoms with Crippen LogP contribution >= 0.6 is 0 Å². The highest BCUT2D eigenvalue weighted by Crippen LogP contribution is 2.27. The minimum absolute atomic E-state index is 0.0150. The lowest BCUT2D eigenvalue weighted by Gasteiger charge is -2.22. The lowest BCUT2D eigenvalue weighted by molar-refractivity contribution is -0.137. The number of carbonyl (C=O) groups is 2. The Labute approximate surface area is 118 Å². The predicted octanol–water partition coefficient (Wildman–Crippen LogP) is 2.72. The molecule has 0 bridgehead atoms. The van der Waals surface area contributed by atoms with E-state index >= 15 is 0 Å². The zero-order valence-electron chi connectivity index (χ0n) is 11.6. The number of benzene rings is 1. The Balaban J connectivity index is 1.98. The Morgan fingerprint density at radius 3 is 2.75 bits per heavy atom. The number of nitrogens with zero attached hydrogens (tertiary/aromatic N) is 1. The van der Waals surface area contributed by atoms with Crippen molar-refractivity contribution < 1.29 is 14.7 Å². The number of rotatable bonds is 6. The van der Waals surface area contributed by atoms with E-state index in [9.17, 15) is 9.59 Å². The summed E-state index contributed by atoms with van der Waals surface area (Å²) in [7, 11) is 0. The molecule has 1 aromatic carbocycles. The van der Waals surface area contributed by atoms with Gasteiger partial charge in [0.15, 0.2) is 0 Å². The molecule has 2 rings (SSSR count). The van der Waals surface area contributed by atoms with Crippen LogP contribution in [0.4, 0.5) is 10.5 Å². The lowest BCUT2D eigenvalue weighted by atomic mass is 10.1. The van der Waals surface area contributed by atoms with Gasteiger partial charge in [-0.25, -0.2) is 4.79 Å². The average molecular weight is 276 g/mol. The molecule has 0 spiro atoms. The van der Waals surface area contributed by atoms with Crippen LogP contribution in [0.3, 0.4) is 0 Å². The Morgan fingerprint density at radius 2 is 2.15 bits per heavy atom. The van der Waals surface area contributed by atoms with Crippen molar-refractivity contribution in [2.75, 3.05) is 11.9 Å². The number of urea groups is 1. The molecule has 0 atom stereocenters. The van der Waals surface area contributed by atoms with Crippen LogP contribution in [-0.4, -0.2) is 34.6 Å². The van der Waals surface area contributed by atoms with Crippen LogP contribution in [0.1, 0.15) is 31.7 Å². The fourth-order valence-corrected chi connectivity index (χ4v) is 2.12. The van der Waals surface area contributed by atoms with Crippen LogP contribution < -0.4 is 5.32 Å². The van der Waals surface area contributed by atoms with Crippen molar-refractivity contribution in [3.05, 3.63) is 29.8 Å². The molecule has 5 heteroatoms. The molecule has 0 aromatic heterocycles. The number of aliphatic carboxylic acids is 1. The van der Waals surface area contributed by atoms with Gasteiger partial charge in [0.2, 0.25) is 0 Å². The highest BCUT2D eigenvalue weighted by atomic mass is 16.4. The molecule has 1 aromatic rings. The van der Waals surface area contributed by atoms with Gasteiger partial charge in [-0.3, -0.25) is 4.79 Å². The molecule has 5 nitrogen and oxygen atoms in total. The first kappa shape index (κ1) is 14.4. The molecule has 2 N–H and O–H groups in total. The van der Waals surface area contributed by atoms with E-state index in [-0.39, 0.29) is 25.0 Å². The van der Waals surface area contributed by atoms with Gasteiger partial charge < -0.3 is 15.3 Å². The van der Waals surface area contributed by atoms with Crippen LogP contribution in [0.15, 0.2) is 24.3 Å². The number of carboxylic acids is 1.